The average Bonchev–Trinajstić information content (AvgIpc) is 2.74. The molecule has 1 aromatic carbocycles. The highest BCUT2D eigenvalue weighted by Crippen LogP contribution is 2.22. The van der Waals surface area contributed by atoms with Crippen molar-refractivity contribution >= 4 is 5.91 Å². The van der Waals surface area contributed by atoms with Crippen LogP contribution in [0, 0.1) is 5.82 Å². The number of pyridine rings is 1. The molecule has 3 heterocycles. The van der Waals surface area contributed by atoms with Gasteiger partial charge in [-0.25, -0.2) is 9.37 Å². The summed E-state index contributed by atoms with van der Waals surface area (Å²) in [5, 5.41) is 3.24. The zero-order valence-corrected chi connectivity index (χ0v) is 14.6. The van der Waals surface area contributed by atoms with Crippen LogP contribution < -0.4 is 5.32 Å². The molecule has 0 spiro atoms. The summed E-state index contributed by atoms with van der Waals surface area (Å²) in [6, 6.07) is 8.69. The number of hydrogen-bond donors (Lipinski definition) is 1. The van der Waals surface area contributed by atoms with Gasteiger partial charge in [0.25, 0.3) is 5.91 Å². The Labute approximate surface area is 156 Å². The lowest BCUT2D eigenvalue weighted by atomic mass is 10.1. The molecule has 0 saturated carbocycles. The van der Waals surface area contributed by atoms with Crippen LogP contribution in [0.2, 0.25) is 0 Å². The Balaban J connectivity index is 1.57. The fraction of sp³-hybridized carbons (Fsp3) is 0.200. The van der Waals surface area contributed by atoms with Crippen molar-refractivity contribution in [3.8, 4) is 22.5 Å². The number of carbonyl (C=O) groups is 1. The van der Waals surface area contributed by atoms with E-state index in [-0.39, 0.29) is 5.91 Å². The number of benzene rings is 1. The highest BCUT2D eigenvalue weighted by atomic mass is 19.1. The van der Waals surface area contributed by atoms with E-state index in [4.69, 9.17) is 0 Å². The molecule has 0 radical (unpaired) electrons. The third-order valence-corrected chi connectivity index (χ3v) is 4.47. The first-order valence-corrected chi connectivity index (χ1v) is 8.74. The summed E-state index contributed by atoms with van der Waals surface area (Å²) < 4.78 is 13.4. The van der Waals surface area contributed by atoms with Crippen molar-refractivity contribution < 1.29 is 9.18 Å². The summed E-state index contributed by atoms with van der Waals surface area (Å²) in [5.41, 5.74) is 3.25. The number of nitrogens with zero attached hydrogens (tertiary/aromatic N) is 4. The zero-order chi connectivity index (χ0) is 18.6. The van der Waals surface area contributed by atoms with Crippen LogP contribution in [0.1, 0.15) is 10.4 Å². The van der Waals surface area contributed by atoms with E-state index in [1.807, 2.05) is 17.0 Å². The Morgan fingerprint density at radius 1 is 0.926 bits per heavy atom. The number of carbonyl (C=O) groups excluding carboxylic acids is 1. The molecular weight excluding hydrogens is 345 g/mol. The molecule has 136 valence electrons. The van der Waals surface area contributed by atoms with Crippen LogP contribution in [0.15, 0.2) is 55.1 Å². The molecular formula is C20H18FN5O. The molecule has 2 aromatic heterocycles. The van der Waals surface area contributed by atoms with Crippen LogP contribution in [-0.4, -0.2) is 51.9 Å². The van der Waals surface area contributed by atoms with Gasteiger partial charge in [0, 0.05) is 49.1 Å². The summed E-state index contributed by atoms with van der Waals surface area (Å²) in [7, 11) is 0. The van der Waals surface area contributed by atoms with Crippen molar-refractivity contribution in [3.05, 3.63) is 66.5 Å². The minimum atomic E-state index is -0.421. The Bertz CT molecular complexity index is 955. The number of aromatic nitrogens is 3. The highest BCUT2D eigenvalue weighted by molar-refractivity contribution is 5.94. The maximum Gasteiger partial charge on any atom is 0.253 e. The molecule has 4 rings (SSSR count). The molecule has 27 heavy (non-hydrogen) atoms. The summed E-state index contributed by atoms with van der Waals surface area (Å²) in [6.45, 7) is 3.08. The van der Waals surface area contributed by atoms with Gasteiger partial charge < -0.3 is 10.2 Å². The second-order valence-corrected chi connectivity index (χ2v) is 6.30. The summed E-state index contributed by atoms with van der Waals surface area (Å²) >= 11 is 0. The van der Waals surface area contributed by atoms with E-state index < -0.39 is 5.82 Å². The van der Waals surface area contributed by atoms with Crippen molar-refractivity contribution in [1.82, 2.24) is 25.2 Å². The van der Waals surface area contributed by atoms with E-state index in [2.05, 4.69) is 20.3 Å². The molecule has 1 amide bonds. The van der Waals surface area contributed by atoms with Crippen LogP contribution >= 0.6 is 0 Å². The van der Waals surface area contributed by atoms with Gasteiger partial charge in [-0.2, -0.15) is 0 Å². The molecule has 1 saturated heterocycles. The van der Waals surface area contributed by atoms with Gasteiger partial charge in [-0.1, -0.05) is 12.1 Å². The SMILES string of the molecule is O=C(c1ccc(-c2cncc(-c3cncc(F)c3)n2)cc1)N1CCNCC1. The van der Waals surface area contributed by atoms with Crippen LogP contribution in [0.5, 0.6) is 0 Å². The van der Waals surface area contributed by atoms with Gasteiger partial charge in [0.2, 0.25) is 0 Å². The van der Waals surface area contributed by atoms with E-state index in [1.54, 1.807) is 30.7 Å². The quantitative estimate of drug-likeness (QED) is 0.774. The van der Waals surface area contributed by atoms with Crippen LogP contribution in [0.3, 0.4) is 0 Å². The standard InChI is InChI=1S/C20H18FN5O/c21-17-9-16(10-23-11-17)19-13-24-12-18(25-19)14-1-3-15(4-2-14)20(27)26-7-5-22-6-8-26/h1-4,9-13,22H,5-8H2. The van der Waals surface area contributed by atoms with E-state index in [0.29, 0.717) is 22.5 Å². The number of halogens is 1. The van der Waals surface area contributed by atoms with Crippen LogP contribution in [0.4, 0.5) is 4.39 Å². The van der Waals surface area contributed by atoms with Crippen molar-refractivity contribution in [2.45, 2.75) is 0 Å². The van der Waals surface area contributed by atoms with Crippen LogP contribution in [-0.2, 0) is 0 Å². The maximum atomic E-state index is 13.4. The molecule has 0 atom stereocenters. The number of piperazine rings is 1. The number of hydrogen-bond acceptors (Lipinski definition) is 5. The smallest absolute Gasteiger partial charge is 0.253 e. The molecule has 1 aliphatic heterocycles. The fourth-order valence-corrected chi connectivity index (χ4v) is 3.03. The molecule has 0 bridgehead atoms. The second-order valence-electron chi connectivity index (χ2n) is 6.30. The number of rotatable bonds is 3. The summed E-state index contributed by atoms with van der Waals surface area (Å²) in [6.07, 6.45) is 5.91. The molecule has 6 nitrogen and oxygen atoms in total. The Hall–Kier alpha value is -3.19. The van der Waals surface area contributed by atoms with Crippen LogP contribution in [0.25, 0.3) is 22.5 Å². The van der Waals surface area contributed by atoms with Crippen molar-refractivity contribution in [3.63, 3.8) is 0 Å². The van der Waals surface area contributed by atoms with E-state index in [0.717, 1.165) is 37.9 Å². The number of amides is 1. The van der Waals surface area contributed by atoms with E-state index in [9.17, 15) is 9.18 Å². The molecule has 3 aromatic rings. The summed E-state index contributed by atoms with van der Waals surface area (Å²) in [4.78, 5) is 27.0. The first-order chi connectivity index (χ1) is 13.2. The molecule has 0 unspecified atom stereocenters. The van der Waals surface area contributed by atoms with Crippen molar-refractivity contribution in [2.24, 2.45) is 0 Å². The molecule has 1 N–H and O–H groups in total. The van der Waals surface area contributed by atoms with Crippen molar-refractivity contribution in [2.75, 3.05) is 26.2 Å². The number of nitrogens with one attached hydrogen (secondary N) is 1. The normalized spacial score (nSPS) is 14.2. The highest BCUT2D eigenvalue weighted by Gasteiger charge is 2.17. The fourth-order valence-electron chi connectivity index (χ4n) is 3.03. The predicted octanol–water partition coefficient (Wildman–Crippen LogP) is 2.39. The van der Waals surface area contributed by atoms with Gasteiger partial charge in [0.15, 0.2) is 0 Å². The third-order valence-electron chi connectivity index (χ3n) is 4.47. The Morgan fingerprint density at radius 2 is 1.59 bits per heavy atom. The Morgan fingerprint density at radius 3 is 2.30 bits per heavy atom. The van der Waals surface area contributed by atoms with Gasteiger partial charge in [0.05, 0.1) is 30.0 Å². The minimum Gasteiger partial charge on any atom is -0.336 e. The van der Waals surface area contributed by atoms with E-state index in [1.165, 1.54) is 6.07 Å². The zero-order valence-electron chi connectivity index (χ0n) is 14.6. The molecule has 0 aliphatic carbocycles. The van der Waals surface area contributed by atoms with Gasteiger partial charge in [-0.15, -0.1) is 0 Å². The van der Waals surface area contributed by atoms with Gasteiger partial charge >= 0.3 is 0 Å². The van der Waals surface area contributed by atoms with Gasteiger partial charge in [-0.3, -0.25) is 14.8 Å². The molecule has 7 heteroatoms. The Kier molecular flexibility index (Phi) is 4.84. The topological polar surface area (TPSA) is 71.0 Å². The average molecular weight is 363 g/mol. The van der Waals surface area contributed by atoms with Gasteiger partial charge in [0.1, 0.15) is 5.82 Å². The first-order valence-electron chi connectivity index (χ1n) is 8.74. The first kappa shape index (κ1) is 17.2. The monoisotopic (exact) mass is 363 g/mol. The molecule has 1 aliphatic rings. The largest absolute Gasteiger partial charge is 0.336 e. The predicted molar refractivity (Wildman–Crippen MR) is 99.4 cm³/mol. The summed E-state index contributed by atoms with van der Waals surface area (Å²) in [5.74, 6) is -0.385. The molecule has 1 fully saturated rings. The lowest BCUT2D eigenvalue weighted by Crippen LogP contribution is -2.46. The van der Waals surface area contributed by atoms with Gasteiger partial charge in [-0.05, 0) is 18.2 Å². The van der Waals surface area contributed by atoms with E-state index >= 15 is 0 Å². The maximum absolute atomic E-state index is 13.4. The minimum absolute atomic E-state index is 0.0359. The lowest BCUT2D eigenvalue weighted by Gasteiger charge is -2.27. The van der Waals surface area contributed by atoms with Crippen molar-refractivity contribution in [1.29, 1.82) is 0 Å². The third kappa shape index (κ3) is 3.83. The second kappa shape index (κ2) is 7.59. The lowest BCUT2D eigenvalue weighted by molar-refractivity contribution is 0.0736.